The van der Waals surface area contributed by atoms with Crippen molar-refractivity contribution in [2.75, 3.05) is 0 Å². The van der Waals surface area contributed by atoms with Gasteiger partial charge in [0.2, 0.25) is 0 Å². The number of ether oxygens (including phenoxy) is 1. The van der Waals surface area contributed by atoms with E-state index < -0.39 is 23.3 Å². The summed E-state index contributed by atoms with van der Waals surface area (Å²) in [7, 11) is 0. The lowest BCUT2D eigenvalue weighted by Gasteiger charge is -2.64. The van der Waals surface area contributed by atoms with Gasteiger partial charge in [0.05, 0.1) is 23.5 Å². The first-order valence-corrected chi connectivity index (χ1v) is 11.0. The van der Waals surface area contributed by atoms with E-state index in [-0.39, 0.29) is 29.0 Å². The van der Waals surface area contributed by atoms with Gasteiger partial charge in [0, 0.05) is 0 Å². The van der Waals surface area contributed by atoms with Crippen LogP contribution >= 0.6 is 0 Å². The summed E-state index contributed by atoms with van der Waals surface area (Å²) in [6.45, 7) is 6.65. The van der Waals surface area contributed by atoms with Gasteiger partial charge in [-0.15, -0.1) is 0 Å². The monoisotopic (exact) mass is 388 g/mol. The first kappa shape index (κ1) is 18.7. The van der Waals surface area contributed by atoms with E-state index in [0.717, 1.165) is 44.9 Å². The number of fused-ring (bicyclic) bond motifs is 8. The van der Waals surface area contributed by atoms with Crippen molar-refractivity contribution in [1.29, 1.82) is 0 Å². The summed E-state index contributed by atoms with van der Waals surface area (Å²) in [5, 5.41) is 19.8. The highest BCUT2D eigenvalue weighted by molar-refractivity contribution is 5.75. The van der Waals surface area contributed by atoms with Crippen molar-refractivity contribution in [3.63, 3.8) is 0 Å². The van der Waals surface area contributed by atoms with Crippen LogP contribution < -0.4 is 0 Å². The highest BCUT2D eigenvalue weighted by atomic mass is 16.5. The molecule has 5 nitrogen and oxygen atoms in total. The lowest BCUT2D eigenvalue weighted by atomic mass is 9.39. The molecule has 2 bridgehead atoms. The first-order chi connectivity index (χ1) is 13.1. The van der Waals surface area contributed by atoms with Crippen LogP contribution in [0.4, 0.5) is 0 Å². The molecule has 2 aliphatic heterocycles. The van der Waals surface area contributed by atoms with E-state index in [1.807, 2.05) is 6.92 Å². The number of carboxylic acids is 2. The second-order valence-electron chi connectivity index (χ2n) is 10.8. The molecule has 5 aliphatic rings. The second-order valence-corrected chi connectivity index (χ2v) is 10.8. The molecule has 1 saturated heterocycles. The molecule has 2 N–H and O–H groups in total. The SMILES string of the molecule is C[C@]12CCC[C@](C)(C(=O)O)[C@@H]1CC[C@@]1(C)C3=C(CC[C@H]21)[C@@H]1C[C@@H](C(=O)O)[C@H]3O1. The van der Waals surface area contributed by atoms with Crippen LogP contribution in [0.2, 0.25) is 0 Å². The van der Waals surface area contributed by atoms with Gasteiger partial charge in [-0.3, -0.25) is 9.59 Å². The average molecular weight is 389 g/mol. The molecule has 0 aromatic carbocycles. The molecule has 0 spiro atoms. The molecule has 3 fully saturated rings. The Bertz CT molecular complexity index is 786. The number of hydrogen-bond acceptors (Lipinski definition) is 3. The summed E-state index contributed by atoms with van der Waals surface area (Å²) in [4.78, 5) is 24.0. The van der Waals surface area contributed by atoms with E-state index in [1.165, 1.54) is 11.1 Å². The Morgan fingerprint density at radius 1 is 1.04 bits per heavy atom. The minimum Gasteiger partial charge on any atom is -0.481 e. The summed E-state index contributed by atoms with van der Waals surface area (Å²) in [6, 6.07) is 0. The minimum absolute atomic E-state index is 0.0000425. The standard InChI is InChI=1S/C23H32O5/c1-21-8-4-9-23(3,20(26)27)16(21)7-10-22(2)15(21)6-5-12-14-11-13(19(24)25)18(28-14)17(12)22/h13-16,18H,4-11H2,1-3H3,(H,24,25)(H,26,27)/t13-,14+,15-,16-,18-,21-,22-,23+/m1/s1. The normalized spacial score (nSPS) is 52.0. The Morgan fingerprint density at radius 3 is 2.46 bits per heavy atom. The third kappa shape index (κ3) is 2.07. The Labute approximate surface area is 166 Å². The van der Waals surface area contributed by atoms with E-state index in [1.54, 1.807) is 0 Å². The minimum atomic E-state index is -0.735. The summed E-state index contributed by atoms with van der Waals surface area (Å²) in [5.74, 6) is -1.19. The molecule has 0 aromatic rings. The van der Waals surface area contributed by atoms with Gasteiger partial charge in [-0.25, -0.2) is 0 Å². The quantitative estimate of drug-likeness (QED) is 0.691. The van der Waals surface area contributed by atoms with E-state index >= 15 is 0 Å². The van der Waals surface area contributed by atoms with Gasteiger partial charge in [0.1, 0.15) is 0 Å². The topological polar surface area (TPSA) is 83.8 Å². The molecule has 0 amide bonds. The summed E-state index contributed by atoms with van der Waals surface area (Å²) < 4.78 is 6.21. The van der Waals surface area contributed by atoms with Crippen molar-refractivity contribution in [2.24, 2.45) is 34.0 Å². The van der Waals surface area contributed by atoms with Crippen LogP contribution in [0.25, 0.3) is 0 Å². The Balaban J connectivity index is 1.56. The molecule has 28 heavy (non-hydrogen) atoms. The van der Waals surface area contributed by atoms with Crippen LogP contribution in [0.5, 0.6) is 0 Å². The maximum atomic E-state index is 12.2. The fraction of sp³-hybridized carbons (Fsp3) is 0.826. The maximum Gasteiger partial charge on any atom is 0.309 e. The largest absolute Gasteiger partial charge is 0.481 e. The molecule has 2 saturated carbocycles. The fourth-order valence-corrected chi connectivity index (χ4v) is 8.60. The van der Waals surface area contributed by atoms with Crippen LogP contribution in [0.3, 0.4) is 0 Å². The van der Waals surface area contributed by atoms with Gasteiger partial charge in [0.15, 0.2) is 0 Å². The smallest absolute Gasteiger partial charge is 0.309 e. The van der Waals surface area contributed by atoms with Gasteiger partial charge < -0.3 is 14.9 Å². The number of carbonyl (C=O) groups is 2. The van der Waals surface area contributed by atoms with Crippen LogP contribution in [-0.4, -0.2) is 34.4 Å². The molecule has 0 unspecified atom stereocenters. The molecule has 2 heterocycles. The Hall–Kier alpha value is -1.36. The molecule has 0 aromatic heterocycles. The first-order valence-electron chi connectivity index (χ1n) is 11.0. The zero-order valence-electron chi connectivity index (χ0n) is 17.2. The molecule has 5 rings (SSSR count). The van der Waals surface area contributed by atoms with E-state index in [0.29, 0.717) is 12.3 Å². The van der Waals surface area contributed by atoms with Gasteiger partial charge in [-0.1, -0.05) is 20.3 Å². The molecule has 0 radical (unpaired) electrons. The number of hydrogen-bond donors (Lipinski definition) is 2. The molecular formula is C23H32O5. The lowest BCUT2D eigenvalue weighted by molar-refractivity contribution is -0.176. The summed E-state index contributed by atoms with van der Waals surface area (Å²) in [6.07, 6.45) is 7.13. The molecule has 3 aliphatic carbocycles. The molecule has 8 atom stereocenters. The number of carboxylic acid groups (broad SMARTS) is 2. The van der Waals surface area contributed by atoms with Crippen LogP contribution in [0.1, 0.15) is 72.1 Å². The van der Waals surface area contributed by atoms with Crippen molar-refractivity contribution in [3.8, 4) is 0 Å². The van der Waals surface area contributed by atoms with E-state index in [2.05, 4.69) is 13.8 Å². The highest BCUT2D eigenvalue weighted by Gasteiger charge is 2.66. The van der Waals surface area contributed by atoms with Crippen molar-refractivity contribution >= 4 is 11.9 Å². The van der Waals surface area contributed by atoms with E-state index in [9.17, 15) is 19.8 Å². The fourth-order valence-electron chi connectivity index (χ4n) is 8.60. The van der Waals surface area contributed by atoms with Gasteiger partial charge in [-0.05, 0) is 85.7 Å². The molecule has 154 valence electrons. The van der Waals surface area contributed by atoms with Crippen LogP contribution in [0, 0.1) is 34.0 Å². The molecular weight excluding hydrogens is 356 g/mol. The predicted octanol–water partition coefficient (Wildman–Crippen LogP) is 4.26. The van der Waals surface area contributed by atoms with Gasteiger partial charge in [0.25, 0.3) is 0 Å². The third-order valence-electron chi connectivity index (χ3n) is 9.78. The maximum absolute atomic E-state index is 12.2. The number of aliphatic carboxylic acids is 2. The van der Waals surface area contributed by atoms with Crippen molar-refractivity contribution in [2.45, 2.75) is 84.3 Å². The average Bonchev–Trinajstić information content (AvgIpc) is 3.20. The van der Waals surface area contributed by atoms with Crippen LogP contribution in [-0.2, 0) is 14.3 Å². The van der Waals surface area contributed by atoms with Gasteiger partial charge in [-0.2, -0.15) is 0 Å². The zero-order chi connectivity index (χ0) is 20.1. The third-order valence-corrected chi connectivity index (χ3v) is 9.78. The van der Waals surface area contributed by atoms with Crippen molar-refractivity contribution in [1.82, 2.24) is 0 Å². The Morgan fingerprint density at radius 2 is 1.79 bits per heavy atom. The van der Waals surface area contributed by atoms with Crippen LogP contribution in [0.15, 0.2) is 11.1 Å². The Kier molecular flexibility index (Phi) is 3.74. The lowest BCUT2D eigenvalue weighted by Crippen LogP contribution is -2.59. The summed E-state index contributed by atoms with van der Waals surface area (Å²) in [5.41, 5.74) is 1.99. The second kappa shape index (κ2) is 5.62. The highest BCUT2D eigenvalue weighted by Crippen LogP contribution is 2.70. The predicted molar refractivity (Wildman–Crippen MR) is 103 cm³/mol. The molecule has 5 heteroatoms. The van der Waals surface area contributed by atoms with Gasteiger partial charge >= 0.3 is 11.9 Å². The zero-order valence-corrected chi connectivity index (χ0v) is 17.2. The van der Waals surface area contributed by atoms with Crippen molar-refractivity contribution in [3.05, 3.63) is 11.1 Å². The summed E-state index contributed by atoms with van der Waals surface area (Å²) >= 11 is 0. The number of rotatable bonds is 2. The van der Waals surface area contributed by atoms with E-state index in [4.69, 9.17) is 4.74 Å². The van der Waals surface area contributed by atoms with Crippen molar-refractivity contribution < 1.29 is 24.5 Å².